The van der Waals surface area contributed by atoms with Crippen molar-refractivity contribution in [2.75, 3.05) is 6.79 Å². The van der Waals surface area contributed by atoms with Gasteiger partial charge in [-0.1, -0.05) is 51.8 Å². The number of nitrogens with zero attached hydrogens (tertiary/aromatic N) is 3. The first kappa shape index (κ1) is 26.0. The predicted molar refractivity (Wildman–Crippen MR) is 159 cm³/mol. The van der Waals surface area contributed by atoms with Crippen molar-refractivity contribution in [1.29, 1.82) is 0 Å². The maximum atomic E-state index is 13.6. The summed E-state index contributed by atoms with van der Waals surface area (Å²) in [6, 6.07) is 23.1. The topological polar surface area (TPSA) is 92.0 Å². The zero-order valence-corrected chi connectivity index (χ0v) is 24.1. The van der Waals surface area contributed by atoms with Crippen LogP contribution < -0.4 is 19.8 Å². The van der Waals surface area contributed by atoms with Gasteiger partial charge < -0.3 is 14.2 Å². The fourth-order valence-electron chi connectivity index (χ4n) is 4.28. The van der Waals surface area contributed by atoms with Crippen LogP contribution >= 0.6 is 31.9 Å². The minimum atomic E-state index is -0.596. The first-order valence-electron chi connectivity index (χ1n) is 12.1. The van der Waals surface area contributed by atoms with Crippen LogP contribution in [0.2, 0.25) is 0 Å². The van der Waals surface area contributed by atoms with Gasteiger partial charge in [-0.05, 0) is 71.4 Å². The van der Waals surface area contributed by atoms with Crippen LogP contribution in [0.5, 0.6) is 17.2 Å². The van der Waals surface area contributed by atoms with Crippen LogP contribution in [0.25, 0.3) is 22.3 Å². The summed E-state index contributed by atoms with van der Waals surface area (Å²) < 4.78 is 19.0. The number of esters is 1. The standard InChI is InChI=1S/C30H19Br2N3O5/c1-17-5-4-6-18(11-17)28-34-24-8-3-2-7-22(24)29(36)35(28)33-15-20-12-21(31)14-23(32)27(20)40-30(37)19-9-10-25-26(13-19)39-16-38-25/h2-15H,16H2,1H3. The second kappa shape index (κ2) is 10.7. The number of ether oxygens (including phenoxy) is 3. The molecule has 1 aliphatic heterocycles. The molecule has 5 aromatic rings. The summed E-state index contributed by atoms with van der Waals surface area (Å²) in [6.07, 6.45) is 1.47. The van der Waals surface area contributed by atoms with Crippen molar-refractivity contribution in [3.8, 4) is 28.6 Å². The second-order valence-corrected chi connectivity index (χ2v) is 10.7. The summed E-state index contributed by atoms with van der Waals surface area (Å²) in [6.45, 7) is 2.07. The van der Waals surface area contributed by atoms with Crippen molar-refractivity contribution < 1.29 is 19.0 Å². The van der Waals surface area contributed by atoms with E-state index >= 15 is 0 Å². The van der Waals surface area contributed by atoms with E-state index in [1.165, 1.54) is 10.9 Å². The Morgan fingerprint density at radius 3 is 2.67 bits per heavy atom. The maximum absolute atomic E-state index is 13.6. The van der Waals surface area contributed by atoms with Crippen molar-refractivity contribution in [1.82, 2.24) is 9.66 Å². The van der Waals surface area contributed by atoms with Crippen LogP contribution in [-0.2, 0) is 0 Å². The zero-order chi connectivity index (χ0) is 27.8. The molecule has 4 aromatic carbocycles. The summed E-state index contributed by atoms with van der Waals surface area (Å²) in [4.78, 5) is 31.4. The molecule has 0 amide bonds. The van der Waals surface area contributed by atoms with E-state index in [2.05, 4.69) is 37.0 Å². The van der Waals surface area contributed by atoms with Crippen molar-refractivity contribution >= 4 is 54.9 Å². The van der Waals surface area contributed by atoms with Gasteiger partial charge in [-0.15, -0.1) is 0 Å². The molecule has 2 heterocycles. The third-order valence-corrected chi connectivity index (χ3v) is 7.23. The van der Waals surface area contributed by atoms with Crippen LogP contribution in [0, 0.1) is 6.92 Å². The molecule has 0 fully saturated rings. The smallest absolute Gasteiger partial charge is 0.343 e. The van der Waals surface area contributed by atoms with Crippen molar-refractivity contribution in [2.45, 2.75) is 6.92 Å². The van der Waals surface area contributed by atoms with E-state index in [1.54, 1.807) is 48.5 Å². The molecule has 0 aliphatic carbocycles. The molecule has 0 N–H and O–H groups in total. The van der Waals surface area contributed by atoms with Gasteiger partial charge >= 0.3 is 5.97 Å². The molecule has 0 saturated carbocycles. The molecule has 0 unspecified atom stereocenters. The van der Waals surface area contributed by atoms with Gasteiger partial charge in [-0.3, -0.25) is 4.79 Å². The number of hydrogen-bond donors (Lipinski definition) is 0. The first-order valence-corrected chi connectivity index (χ1v) is 13.7. The Morgan fingerprint density at radius 1 is 1.00 bits per heavy atom. The monoisotopic (exact) mass is 659 g/mol. The molecule has 1 aliphatic rings. The van der Waals surface area contributed by atoms with Gasteiger partial charge in [0.1, 0.15) is 0 Å². The molecule has 0 spiro atoms. The number of carbonyl (C=O) groups excluding carboxylic acids is 1. The molecule has 8 nitrogen and oxygen atoms in total. The highest BCUT2D eigenvalue weighted by Gasteiger charge is 2.20. The van der Waals surface area contributed by atoms with Gasteiger partial charge in [0.05, 0.1) is 27.2 Å². The van der Waals surface area contributed by atoms with Crippen molar-refractivity contribution in [2.24, 2.45) is 5.10 Å². The summed E-state index contributed by atoms with van der Waals surface area (Å²) in [5.41, 5.74) is 2.74. The predicted octanol–water partition coefficient (Wildman–Crippen LogP) is 6.73. The van der Waals surface area contributed by atoms with Crippen LogP contribution in [0.4, 0.5) is 0 Å². The van der Waals surface area contributed by atoms with E-state index in [-0.39, 0.29) is 18.1 Å². The van der Waals surface area contributed by atoms with Crippen molar-refractivity contribution in [3.63, 3.8) is 0 Å². The lowest BCUT2D eigenvalue weighted by Gasteiger charge is -2.12. The highest BCUT2D eigenvalue weighted by molar-refractivity contribution is 9.11. The third kappa shape index (κ3) is 5.03. The molecule has 6 rings (SSSR count). The Bertz CT molecular complexity index is 1900. The summed E-state index contributed by atoms with van der Waals surface area (Å²) >= 11 is 6.97. The van der Waals surface area contributed by atoms with Crippen molar-refractivity contribution in [3.05, 3.63) is 115 Å². The number of aryl methyl sites for hydroxylation is 1. The lowest BCUT2D eigenvalue weighted by Crippen LogP contribution is -2.20. The molecule has 1 aromatic heterocycles. The summed E-state index contributed by atoms with van der Waals surface area (Å²) in [5, 5.41) is 4.98. The minimum Gasteiger partial charge on any atom is -0.454 e. The van der Waals surface area contributed by atoms with Gasteiger partial charge in [-0.2, -0.15) is 9.78 Å². The van der Waals surface area contributed by atoms with Crippen LogP contribution in [0.1, 0.15) is 21.5 Å². The molecule has 10 heteroatoms. The Labute approximate surface area is 245 Å². The normalized spacial score (nSPS) is 12.3. The van der Waals surface area contributed by atoms with Gasteiger partial charge in [0.25, 0.3) is 5.56 Å². The number of para-hydroxylation sites is 1. The lowest BCUT2D eigenvalue weighted by atomic mass is 10.1. The first-order chi connectivity index (χ1) is 19.4. The minimum absolute atomic E-state index is 0.0975. The molecule has 0 atom stereocenters. The molecule has 198 valence electrons. The molecule has 40 heavy (non-hydrogen) atoms. The number of halogens is 2. The summed E-state index contributed by atoms with van der Waals surface area (Å²) in [7, 11) is 0. The Hall–Kier alpha value is -4.28. The Balaban J connectivity index is 1.43. The number of hydrogen-bond acceptors (Lipinski definition) is 7. The van der Waals surface area contributed by atoms with Gasteiger partial charge in [0.15, 0.2) is 23.1 Å². The summed E-state index contributed by atoms with van der Waals surface area (Å²) in [5.74, 6) is 1.05. The molecular weight excluding hydrogens is 642 g/mol. The van der Waals surface area contributed by atoms with E-state index in [0.717, 1.165) is 11.1 Å². The van der Waals surface area contributed by atoms with E-state index in [4.69, 9.17) is 19.2 Å². The fraction of sp³-hybridized carbons (Fsp3) is 0.0667. The Kier molecular flexibility index (Phi) is 6.95. The average Bonchev–Trinajstić information content (AvgIpc) is 3.42. The SMILES string of the molecule is Cc1cccc(-c2nc3ccccc3c(=O)n2N=Cc2cc(Br)cc(Br)c2OC(=O)c2ccc3c(c2)OCO3)c1. The number of fused-ring (bicyclic) bond motifs is 2. The quantitative estimate of drug-likeness (QED) is 0.118. The lowest BCUT2D eigenvalue weighted by molar-refractivity contribution is 0.0732. The number of rotatable bonds is 5. The fourth-order valence-corrected chi connectivity index (χ4v) is 5.62. The number of aromatic nitrogens is 2. The average molecular weight is 661 g/mol. The largest absolute Gasteiger partial charge is 0.454 e. The van der Waals surface area contributed by atoms with Gasteiger partial charge in [-0.25, -0.2) is 9.78 Å². The third-order valence-electron chi connectivity index (χ3n) is 6.18. The van der Waals surface area contributed by atoms with Crippen LogP contribution in [0.3, 0.4) is 0 Å². The van der Waals surface area contributed by atoms with E-state index in [0.29, 0.717) is 48.3 Å². The van der Waals surface area contributed by atoms with E-state index in [1.807, 2.05) is 37.3 Å². The van der Waals surface area contributed by atoms with Crippen LogP contribution in [-0.4, -0.2) is 28.6 Å². The van der Waals surface area contributed by atoms with Gasteiger partial charge in [0.2, 0.25) is 6.79 Å². The second-order valence-electron chi connectivity index (χ2n) is 8.95. The number of carbonyl (C=O) groups is 1. The van der Waals surface area contributed by atoms with E-state index in [9.17, 15) is 9.59 Å². The highest BCUT2D eigenvalue weighted by Crippen LogP contribution is 2.35. The molecule has 0 radical (unpaired) electrons. The maximum Gasteiger partial charge on any atom is 0.343 e. The molecule has 0 bridgehead atoms. The van der Waals surface area contributed by atoms with Crippen LogP contribution in [0.15, 0.2) is 97.7 Å². The van der Waals surface area contributed by atoms with Gasteiger partial charge in [0, 0.05) is 15.6 Å². The highest BCUT2D eigenvalue weighted by atomic mass is 79.9. The molecule has 0 saturated heterocycles. The zero-order valence-electron chi connectivity index (χ0n) is 20.9. The van der Waals surface area contributed by atoms with E-state index < -0.39 is 5.97 Å². The number of benzene rings is 4. The Morgan fingerprint density at radius 2 is 1.82 bits per heavy atom. The molecular formula is C30H19Br2N3O5.